The third kappa shape index (κ3) is 3.85. The Morgan fingerprint density at radius 3 is 1.60 bits per heavy atom. The van der Waals surface area contributed by atoms with E-state index in [0.29, 0.717) is 15.2 Å². The maximum Gasteiger partial charge on any atom is 0.175 e. The van der Waals surface area contributed by atoms with Gasteiger partial charge in [0.15, 0.2) is 5.11 Å². The van der Waals surface area contributed by atoms with Crippen molar-refractivity contribution in [3.05, 3.63) is 57.6 Å². The number of nitrogens with one attached hydrogen (secondary N) is 2. The third-order valence-electron chi connectivity index (χ3n) is 2.86. The van der Waals surface area contributed by atoms with E-state index in [1.54, 1.807) is 0 Å². The summed E-state index contributed by atoms with van der Waals surface area (Å²) < 4.78 is 0. The Balaban J connectivity index is 2.04. The van der Waals surface area contributed by atoms with E-state index in [1.807, 2.05) is 50.2 Å². The van der Waals surface area contributed by atoms with Crippen LogP contribution in [0.15, 0.2) is 36.4 Å². The highest BCUT2D eigenvalue weighted by molar-refractivity contribution is 7.80. The van der Waals surface area contributed by atoms with Crippen LogP contribution in [-0.2, 0) is 0 Å². The third-order valence-corrected chi connectivity index (χ3v) is 3.88. The van der Waals surface area contributed by atoms with Crippen LogP contribution >= 0.6 is 35.4 Å². The Labute approximate surface area is 134 Å². The van der Waals surface area contributed by atoms with E-state index in [-0.39, 0.29) is 0 Å². The molecule has 2 aromatic carbocycles. The summed E-state index contributed by atoms with van der Waals surface area (Å²) in [6, 6.07) is 11.4. The fourth-order valence-corrected chi connectivity index (χ4v) is 2.23. The Bertz CT molecular complexity index is 601. The highest BCUT2D eigenvalue weighted by Crippen LogP contribution is 2.22. The number of thiocarbonyl (C=S) groups is 1. The quantitative estimate of drug-likeness (QED) is 0.721. The van der Waals surface area contributed by atoms with Gasteiger partial charge in [0.2, 0.25) is 0 Å². The molecule has 0 spiro atoms. The molecule has 0 bridgehead atoms. The van der Waals surface area contributed by atoms with Crippen molar-refractivity contribution in [2.45, 2.75) is 13.8 Å². The van der Waals surface area contributed by atoms with Crippen molar-refractivity contribution in [1.82, 2.24) is 0 Å². The lowest BCUT2D eigenvalue weighted by Gasteiger charge is -2.12. The van der Waals surface area contributed by atoms with Gasteiger partial charge in [-0.25, -0.2) is 0 Å². The normalized spacial score (nSPS) is 10.2. The Kier molecular flexibility index (Phi) is 4.86. The second-order valence-electron chi connectivity index (χ2n) is 4.51. The molecule has 0 saturated carbocycles. The average molecular weight is 325 g/mol. The van der Waals surface area contributed by atoms with Crippen LogP contribution in [0.25, 0.3) is 0 Å². The summed E-state index contributed by atoms with van der Waals surface area (Å²) in [6.45, 7) is 3.91. The van der Waals surface area contributed by atoms with Crippen LogP contribution in [0.3, 0.4) is 0 Å². The molecule has 20 heavy (non-hydrogen) atoms. The van der Waals surface area contributed by atoms with Crippen molar-refractivity contribution >= 4 is 51.9 Å². The molecule has 0 radical (unpaired) electrons. The van der Waals surface area contributed by atoms with Crippen LogP contribution in [0.4, 0.5) is 11.4 Å². The lowest BCUT2D eigenvalue weighted by molar-refractivity contribution is 1.46. The van der Waals surface area contributed by atoms with E-state index in [4.69, 9.17) is 35.4 Å². The zero-order valence-corrected chi connectivity index (χ0v) is 13.5. The molecule has 2 N–H and O–H groups in total. The molecule has 0 aliphatic heterocycles. The van der Waals surface area contributed by atoms with Crippen molar-refractivity contribution in [1.29, 1.82) is 0 Å². The molecule has 0 fully saturated rings. The lowest BCUT2D eigenvalue weighted by Crippen LogP contribution is -2.19. The number of hydrogen-bond acceptors (Lipinski definition) is 1. The number of aryl methyl sites for hydroxylation is 2. The van der Waals surface area contributed by atoms with E-state index in [1.165, 1.54) is 0 Å². The van der Waals surface area contributed by atoms with Gasteiger partial charge in [0.05, 0.1) is 0 Å². The SMILES string of the molecule is Cc1ccc(NC(=S)Nc2ccc(C)c(Cl)c2)cc1Cl. The van der Waals surface area contributed by atoms with Crippen LogP contribution in [0.5, 0.6) is 0 Å². The minimum Gasteiger partial charge on any atom is -0.332 e. The summed E-state index contributed by atoms with van der Waals surface area (Å²) >= 11 is 17.4. The van der Waals surface area contributed by atoms with Crippen LogP contribution in [0.1, 0.15) is 11.1 Å². The standard InChI is InChI=1S/C15H14Cl2N2S/c1-9-3-5-11(7-13(9)16)18-15(20)19-12-6-4-10(2)14(17)8-12/h3-8H,1-2H3,(H2,18,19,20). The number of benzene rings is 2. The zero-order valence-electron chi connectivity index (χ0n) is 11.1. The van der Waals surface area contributed by atoms with E-state index in [2.05, 4.69) is 10.6 Å². The molecule has 5 heteroatoms. The van der Waals surface area contributed by atoms with Crippen molar-refractivity contribution in [2.75, 3.05) is 10.6 Å². The fourth-order valence-electron chi connectivity index (χ4n) is 1.63. The summed E-state index contributed by atoms with van der Waals surface area (Å²) in [5, 5.41) is 8.07. The first kappa shape index (κ1) is 15.1. The summed E-state index contributed by atoms with van der Waals surface area (Å²) in [5.41, 5.74) is 3.75. The molecule has 2 nitrogen and oxygen atoms in total. The highest BCUT2D eigenvalue weighted by Gasteiger charge is 2.03. The van der Waals surface area contributed by atoms with Crippen molar-refractivity contribution in [3.8, 4) is 0 Å². The van der Waals surface area contributed by atoms with Crippen molar-refractivity contribution < 1.29 is 0 Å². The Morgan fingerprint density at radius 2 is 1.25 bits per heavy atom. The minimum atomic E-state index is 0.491. The smallest absolute Gasteiger partial charge is 0.175 e. The summed E-state index contributed by atoms with van der Waals surface area (Å²) in [6.07, 6.45) is 0. The van der Waals surface area contributed by atoms with Crippen LogP contribution in [-0.4, -0.2) is 5.11 Å². The van der Waals surface area contributed by atoms with Crippen molar-refractivity contribution in [3.63, 3.8) is 0 Å². The first-order valence-corrected chi connectivity index (χ1v) is 7.22. The fraction of sp³-hybridized carbons (Fsp3) is 0.133. The van der Waals surface area contributed by atoms with E-state index >= 15 is 0 Å². The molecule has 0 heterocycles. The number of hydrogen-bond donors (Lipinski definition) is 2. The molecule has 0 unspecified atom stereocenters. The maximum atomic E-state index is 6.07. The van der Waals surface area contributed by atoms with E-state index in [0.717, 1.165) is 22.5 Å². The monoisotopic (exact) mass is 324 g/mol. The van der Waals surface area contributed by atoms with Gasteiger partial charge in [0.1, 0.15) is 0 Å². The first-order chi connectivity index (χ1) is 9.45. The molecule has 2 rings (SSSR count). The Morgan fingerprint density at radius 1 is 0.850 bits per heavy atom. The molecule has 2 aromatic rings. The van der Waals surface area contributed by atoms with Gasteiger partial charge in [-0.05, 0) is 61.5 Å². The molecule has 0 atom stereocenters. The molecule has 0 amide bonds. The summed E-state index contributed by atoms with van der Waals surface area (Å²) in [5.74, 6) is 0. The van der Waals surface area contributed by atoms with E-state index in [9.17, 15) is 0 Å². The largest absolute Gasteiger partial charge is 0.332 e. The summed E-state index contributed by atoms with van der Waals surface area (Å²) in [4.78, 5) is 0. The molecule has 104 valence electrons. The maximum absolute atomic E-state index is 6.07. The predicted octanol–water partition coefficient (Wildman–Crippen LogP) is 5.42. The zero-order chi connectivity index (χ0) is 14.7. The van der Waals surface area contributed by atoms with Gasteiger partial charge >= 0.3 is 0 Å². The minimum absolute atomic E-state index is 0.491. The summed E-state index contributed by atoms with van der Waals surface area (Å²) in [7, 11) is 0. The highest BCUT2D eigenvalue weighted by atomic mass is 35.5. The van der Waals surface area contributed by atoms with Crippen LogP contribution in [0, 0.1) is 13.8 Å². The second-order valence-corrected chi connectivity index (χ2v) is 5.73. The van der Waals surface area contributed by atoms with Crippen molar-refractivity contribution in [2.24, 2.45) is 0 Å². The molecule has 0 aromatic heterocycles. The predicted molar refractivity (Wildman–Crippen MR) is 92.2 cm³/mol. The van der Waals surface area contributed by atoms with Gasteiger partial charge in [0.25, 0.3) is 0 Å². The second kappa shape index (κ2) is 6.44. The number of rotatable bonds is 2. The number of anilines is 2. The average Bonchev–Trinajstić information content (AvgIpc) is 2.38. The molecule has 0 aliphatic carbocycles. The molecular formula is C15H14Cl2N2S. The lowest BCUT2D eigenvalue weighted by atomic mass is 10.2. The topological polar surface area (TPSA) is 24.1 Å². The molecular weight excluding hydrogens is 311 g/mol. The van der Waals surface area contributed by atoms with Gasteiger partial charge in [-0.3, -0.25) is 0 Å². The van der Waals surface area contributed by atoms with Gasteiger partial charge in [-0.2, -0.15) is 0 Å². The molecule has 0 saturated heterocycles. The Hall–Kier alpha value is -1.29. The van der Waals surface area contributed by atoms with Crippen LogP contribution < -0.4 is 10.6 Å². The van der Waals surface area contributed by atoms with Gasteiger partial charge in [0, 0.05) is 21.4 Å². The molecule has 0 aliphatic rings. The van der Waals surface area contributed by atoms with Gasteiger partial charge in [-0.15, -0.1) is 0 Å². The van der Waals surface area contributed by atoms with Gasteiger partial charge in [-0.1, -0.05) is 35.3 Å². The van der Waals surface area contributed by atoms with E-state index < -0.39 is 0 Å². The van der Waals surface area contributed by atoms with Gasteiger partial charge < -0.3 is 10.6 Å². The number of halogens is 2. The van der Waals surface area contributed by atoms with Crippen LogP contribution in [0.2, 0.25) is 10.0 Å². The first-order valence-electron chi connectivity index (χ1n) is 6.06.